The summed E-state index contributed by atoms with van der Waals surface area (Å²) in [4.78, 5) is 0. The maximum Gasteiger partial charge on any atom is 0.0426 e. The molecule has 0 saturated carbocycles. The molecule has 1 nitrogen and oxygen atoms in total. The fraction of sp³-hybridized carbons (Fsp3) is 0.111. The summed E-state index contributed by atoms with van der Waals surface area (Å²) in [6, 6.07) is 5.47. The Morgan fingerprint density at radius 3 is 2.83 bits per heavy atom. The van der Waals surface area contributed by atoms with E-state index >= 15 is 0 Å². The van der Waals surface area contributed by atoms with E-state index in [9.17, 15) is 0 Å². The largest absolute Gasteiger partial charge is 0.398 e. The number of hydrogen-bond donors (Lipinski definition) is 1. The average Bonchev–Trinajstić information content (AvgIpc) is 2.03. The molecule has 1 rings (SSSR count). The molecule has 0 spiro atoms. The molecule has 0 aliphatic carbocycles. The second kappa shape index (κ2) is 4.53. The molecule has 0 unspecified atom stereocenters. The van der Waals surface area contributed by atoms with Gasteiger partial charge in [-0.15, -0.1) is 0 Å². The molecule has 3 heteroatoms. The molecule has 2 N–H and O–H groups in total. The molecule has 0 aromatic heterocycles. The van der Waals surface area contributed by atoms with Crippen molar-refractivity contribution in [1.82, 2.24) is 0 Å². The van der Waals surface area contributed by atoms with Crippen LogP contribution in [0.1, 0.15) is 5.56 Å². The quantitative estimate of drug-likeness (QED) is 0.629. The SMILES string of the molecule is Nc1cc(Cl)ccc1C=CCBr. The number of anilines is 1. The van der Waals surface area contributed by atoms with Crippen molar-refractivity contribution in [1.29, 1.82) is 0 Å². The summed E-state index contributed by atoms with van der Waals surface area (Å²) in [5.74, 6) is 0. The van der Waals surface area contributed by atoms with Crippen LogP contribution in [-0.2, 0) is 0 Å². The van der Waals surface area contributed by atoms with Crippen molar-refractivity contribution in [3.05, 3.63) is 34.9 Å². The van der Waals surface area contributed by atoms with Crippen LogP contribution in [-0.4, -0.2) is 5.33 Å². The fourth-order valence-corrected chi connectivity index (χ4v) is 1.24. The molecular weight excluding hydrogens is 237 g/mol. The van der Waals surface area contributed by atoms with Gasteiger partial charge in [-0.3, -0.25) is 0 Å². The fourth-order valence-electron chi connectivity index (χ4n) is 0.869. The maximum atomic E-state index is 5.74. The van der Waals surface area contributed by atoms with Crippen molar-refractivity contribution in [3.8, 4) is 0 Å². The second-order valence-corrected chi connectivity index (χ2v) is 3.41. The maximum absolute atomic E-state index is 5.74. The Morgan fingerprint density at radius 1 is 1.50 bits per heavy atom. The van der Waals surface area contributed by atoms with Gasteiger partial charge in [0.05, 0.1) is 0 Å². The summed E-state index contributed by atoms with van der Waals surface area (Å²) in [5.41, 5.74) is 7.42. The molecule has 12 heavy (non-hydrogen) atoms. The molecule has 0 amide bonds. The summed E-state index contributed by atoms with van der Waals surface area (Å²) in [6.07, 6.45) is 3.94. The van der Waals surface area contributed by atoms with Crippen molar-refractivity contribution in [2.45, 2.75) is 0 Å². The minimum atomic E-state index is 0.670. The highest BCUT2D eigenvalue weighted by molar-refractivity contribution is 9.09. The molecule has 1 aromatic carbocycles. The predicted molar refractivity (Wildman–Crippen MR) is 58.7 cm³/mol. The highest BCUT2D eigenvalue weighted by Crippen LogP contribution is 2.18. The Hall–Kier alpha value is -0.470. The van der Waals surface area contributed by atoms with Crippen molar-refractivity contribution < 1.29 is 0 Å². The number of hydrogen-bond acceptors (Lipinski definition) is 1. The minimum absolute atomic E-state index is 0.670. The Labute approximate surface area is 85.3 Å². The zero-order valence-corrected chi connectivity index (χ0v) is 8.77. The summed E-state index contributed by atoms with van der Waals surface area (Å²) in [6.45, 7) is 0. The lowest BCUT2D eigenvalue weighted by atomic mass is 10.2. The molecule has 0 saturated heterocycles. The summed E-state index contributed by atoms with van der Waals surface area (Å²) in [5, 5.41) is 1.50. The number of nitrogen functional groups attached to an aromatic ring is 1. The van der Waals surface area contributed by atoms with Gasteiger partial charge in [0.15, 0.2) is 0 Å². The van der Waals surface area contributed by atoms with E-state index < -0.39 is 0 Å². The molecule has 0 radical (unpaired) electrons. The molecule has 64 valence electrons. The third-order valence-electron chi connectivity index (χ3n) is 1.44. The number of alkyl halides is 1. The number of halogens is 2. The van der Waals surface area contributed by atoms with Crippen LogP contribution in [0, 0.1) is 0 Å². The molecule has 0 aliphatic heterocycles. The number of nitrogens with two attached hydrogens (primary N) is 1. The third-order valence-corrected chi connectivity index (χ3v) is 2.04. The smallest absolute Gasteiger partial charge is 0.0426 e. The summed E-state index contributed by atoms with van der Waals surface area (Å²) in [7, 11) is 0. The van der Waals surface area contributed by atoms with Gasteiger partial charge in [0.2, 0.25) is 0 Å². The highest BCUT2D eigenvalue weighted by atomic mass is 79.9. The van der Waals surface area contributed by atoms with Crippen LogP contribution in [0.15, 0.2) is 24.3 Å². The Bertz CT molecular complexity index is 297. The monoisotopic (exact) mass is 245 g/mol. The number of rotatable bonds is 2. The molecule has 0 aliphatic rings. The van der Waals surface area contributed by atoms with E-state index in [4.69, 9.17) is 17.3 Å². The topological polar surface area (TPSA) is 26.0 Å². The Morgan fingerprint density at radius 2 is 2.25 bits per heavy atom. The highest BCUT2D eigenvalue weighted by Gasteiger charge is 1.94. The Balaban J connectivity index is 2.94. The van der Waals surface area contributed by atoms with Gasteiger partial charge in [0, 0.05) is 16.0 Å². The lowest BCUT2D eigenvalue weighted by Crippen LogP contribution is -1.88. The minimum Gasteiger partial charge on any atom is -0.398 e. The summed E-state index contributed by atoms with van der Waals surface area (Å²) < 4.78 is 0. The zero-order valence-electron chi connectivity index (χ0n) is 6.43. The molecule has 0 atom stereocenters. The summed E-state index contributed by atoms with van der Waals surface area (Å²) >= 11 is 9.03. The first-order valence-corrected chi connectivity index (χ1v) is 5.01. The van der Waals surface area contributed by atoms with E-state index in [1.165, 1.54) is 0 Å². The van der Waals surface area contributed by atoms with Crippen LogP contribution in [0.3, 0.4) is 0 Å². The van der Waals surface area contributed by atoms with Gasteiger partial charge >= 0.3 is 0 Å². The van der Waals surface area contributed by atoms with Crippen LogP contribution in [0.5, 0.6) is 0 Å². The van der Waals surface area contributed by atoms with E-state index in [2.05, 4.69) is 15.9 Å². The van der Waals surface area contributed by atoms with E-state index in [1.54, 1.807) is 6.07 Å². The lowest BCUT2D eigenvalue weighted by molar-refractivity contribution is 1.63. The van der Waals surface area contributed by atoms with E-state index in [-0.39, 0.29) is 0 Å². The first-order chi connectivity index (χ1) is 5.74. The third kappa shape index (κ3) is 2.54. The normalized spacial score (nSPS) is 10.8. The second-order valence-electron chi connectivity index (χ2n) is 2.33. The average molecular weight is 247 g/mol. The van der Waals surface area contributed by atoms with Crippen LogP contribution in [0.2, 0.25) is 5.02 Å². The van der Waals surface area contributed by atoms with Crippen molar-refractivity contribution in [3.63, 3.8) is 0 Å². The van der Waals surface area contributed by atoms with Gasteiger partial charge in [0.25, 0.3) is 0 Å². The van der Waals surface area contributed by atoms with Crippen molar-refractivity contribution in [2.24, 2.45) is 0 Å². The molecule has 1 aromatic rings. The Kier molecular flexibility index (Phi) is 3.63. The van der Waals surface area contributed by atoms with Crippen LogP contribution >= 0.6 is 27.5 Å². The lowest BCUT2D eigenvalue weighted by Gasteiger charge is -1.99. The van der Waals surface area contributed by atoms with E-state index in [0.717, 1.165) is 10.9 Å². The van der Waals surface area contributed by atoms with Crippen molar-refractivity contribution >= 4 is 39.3 Å². The van der Waals surface area contributed by atoms with Gasteiger partial charge < -0.3 is 5.73 Å². The van der Waals surface area contributed by atoms with E-state index in [0.29, 0.717) is 10.7 Å². The first-order valence-electron chi connectivity index (χ1n) is 3.51. The van der Waals surface area contributed by atoms with Crippen molar-refractivity contribution in [2.75, 3.05) is 11.1 Å². The predicted octanol–water partition coefficient (Wildman–Crippen LogP) is 3.33. The molecular formula is C9H9BrClN. The first kappa shape index (κ1) is 9.62. The zero-order chi connectivity index (χ0) is 8.97. The van der Waals surface area contributed by atoms with Gasteiger partial charge in [-0.2, -0.15) is 0 Å². The van der Waals surface area contributed by atoms with Crippen LogP contribution in [0.4, 0.5) is 5.69 Å². The van der Waals surface area contributed by atoms with Gasteiger partial charge in [0.1, 0.15) is 0 Å². The standard InChI is InChI=1S/C9H9BrClN/c10-5-1-2-7-3-4-8(11)6-9(7)12/h1-4,6H,5,12H2. The van der Waals surface area contributed by atoms with Crippen LogP contribution < -0.4 is 5.73 Å². The molecule has 0 fully saturated rings. The molecule has 0 heterocycles. The van der Waals surface area contributed by atoms with Crippen LogP contribution in [0.25, 0.3) is 6.08 Å². The van der Waals surface area contributed by atoms with E-state index in [1.807, 2.05) is 24.3 Å². The van der Waals surface area contributed by atoms with Gasteiger partial charge in [-0.25, -0.2) is 0 Å². The molecule has 0 bridgehead atoms. The van der Waals surface area contributed by atoms with Gasteiger partial charge in [-0.1, -0.05) is 45.7 Å². The number of allylic oxidation sites excluding steroid dienone is 1. The number of benzene rings is 1. The van der Waals surface area contributed by atoms with Gasteiger partial charge in [-0.05, 0) is 17.7 Å².